The normalized spacial score (nSPS) is 18.0. The van der Waals surface area contributed by atoms with Crippen LogP contribution in [0.3, 0.4) is 0 Å². The topological polar surface area (TPSA) is 100 Å². The van der Waals surface area contributed by atoms with Gasteiger partial charge in [-0.2, -0.15) is 5.10 Å². The smallest absolute Gasteiger partial charge is 0.254 e. The molecule has 1 aromatic heterocycles. The van der Waals surface area contributed by atoms with Gasteiger partial charge in [0.1, 0.15) is 18.2 Å². The Morgan fingerprint density at radius 3 is 2.75 bits per heavy atom. The summed E-state index contributed by atoms with van der Waals surface area (Å²) in [5, 5.41) is 10.1. The Labute approximate surface area is 184 Å². The third-order valence-electron chi connectivity index (χ3n) is 5.47. The molecule has 2 atom stereocenters. The van der Waals surface area contributed by atoms with Crippen LogP contribution in [0.5, 0.6) is 0 Å². The summed E-state index contributed by atoms with van der Waals surface area (Å²) in [6, 6.07) is 13.1. The molecular weight excluding hydrogens is 413 g/mol. The van der Waals surface area contributed by atoms with Crippen LogP contribution < -0.4 is 5.32 Å². The van der Waals surface area contributed by atoms with Crippen LogP contribution in [0.15, 0.2) is 48.5 Å². The Morgan fingerprint density at radius 2 is 2.03 bits per heavy atom. The number of rotatable bonds is 6. The minimum Gasteiger partial charge on any atom is -0.375 e. The highest BCUT2D eigenvalue weighted by Gasteiger charge is 2.39. The third-order valence-corrected chi connectivity index (χ3v) is 5.47. The summed E-state index contributed by atoms with van der Waals surface area (Å²) in [5.41, 5.74) is 1.55. The van der Waals surface area contributed by atoms with E-state index in [0.29, 0.717) is 23.6 Å². The van der Waals surface area contributed by atoms with Gasteiger partial charge in [0, 0.05) is 30.8 Å². The van der Waals surface area contributed by atoms with Crippen LogP contribution in [0.25, 0.3) is 11.4 Å². The number of H-pyrrole nitrogens is 1. The highest BCUT2D eigenvalue weighted by Crippen LogP contribution is 2.32. The van der Waals surface area contributed by atoms with Crippen molar-refractivity contribution in [3.8, 4) is 11.4 Å². The lowest BCUT2D eigenvalue weighted by Gasteiger charge is -2.23. The number of aryl methyl sites for hydroxylation is 1. The molecule has 2 amide bonds. The Bertz CT molecular complexity index is 1120. The summed E-state index contributed by atoms with van der Waals surface area (Å²) in [6.07, 6.45) is 0.443. The lowest BCUT2D eigenvalue weighted by Crippen LogP contribution is -2.40. The molecule has 0 spiro atoms. The van der Waals surface area contributed by atoms with E-state index in [1.807, 2.05) is 30.3 Å². The number of methoxy groups -OCH3 is 1. The van der Waals surface area contributed by atoms with E-state index in [2.05, 4.69) is 20.5 Å². The second-order valence-corrected chi connectivity index (χ2v) is 7.78. The second-order valence-electron chi connectivity index (χ2n) is 7.78. The molecule has 0 radical (unpaired) electrons. The molecule has 1 aliphatic heterocycles. The summed E-state index contributed by atoms with van der Waals surface area (Å²) in [6.45, 7) is 1.83. The lowest BCUT2D eigenvalue weighted by atomic mass is 10.1. The van der Waals surface area contributed by atoms with Crippen LogP contribution >= 0.6 is 0 Å². The molecule has 2 aromatic carbocycles. The zero-order chi connectivity index (χ0) is 22.7. The maximum atomic E-state index is 14.1. The quantitative estimate of drug-likeness (QED) is 0.618. The second kappa shape index (κ2) is 9.27. The molecule has 1 saturated heterocycles. The molecular formula is C23H24FN5O3. The van der Waals surface area contributed by atoms with E-state index in [4.69, 9.17) is 4.74 Å². The van der Waals surface area contributed by atoms with E-state index < -0.39 is 11.9 Å². The van der Waals surface area contributed by atoms with Crippen molar-refractivity contribution >= 4 is 11.8 Å². The molecule has 0 bridgehead atoms. The lowest BCUT2D eigenvalue weighted by molar-refractivity contribution is -0.125. The van der Waals surface area contributed by atoms with Crippen LogP contribution in [-0.2, 0) is 9.53 Å². The van der Waals surface area contributed by atoms with E-state index in [-0.39, 0.29) is 36.6 Å². The number of ether oxygens (including phenoxy) is 1. The van der Waals surface area contributed by atoms with Gasteiger partial charge in [-0.3, -0.25) is 14.7 Å². The first-order valence-electron chi connectivity index (χ1n) is 10.3. The number of nitrogens with zero attached hydrogens (tertiary/aromatic N) is 3. The van der Waals surface area contributed by atoms with Gasteiger partial charge in [0.05, 0.1) is 6.04 Å². The van der Waals surface area contributed by atoms with Crippen LogP contribution in [0.2, 0.25) is 0 Å². The van der Waals surface area contributed by atoms with Crippen molar-refractivity contribution in [1.82, 2.24) is 25.4 Å². The van der Waals surface area contributed by atoms with Gasteiger partial charge >= 0.3 is 0 Å². The number of amides is 2. The largest absolute Gasteiger partial charge is 0.375 e. The van der Waals surface area contributed by atoms with Gasteiger partial charge in [-0.25, -0.2) is 9.37 Å². The Hall–Kier alpha value is -3.59. The van der Waals surface area contributed by atoms with Gasteiger partial charge < -0.3 is 15.0 Å². The number of carbonyl (C=O) groups excluding carboxylic acids is 2. The maximum Gasteiger partial charge on any atom is 0.254 e. The number of nitrogens with one attached hydrogen (secondary N) is 2. The van der Waals surface area contributed by atoms with Crippen molar-refractivity contribution in [3.05, 3.63) is 71.3 Å². The molecule has 166 valence electrons. The van der Waals surface area contributed by atoms with Gasteiger partial charge in [0.25, 0.3) is 5.91 Å². The first kappa shape index (κ1) is 21.6. The Kier molecular flexibility index (Phi) is 6.27. The molecule has 8 nitrogen and oxygen atoms in total. The fourth-order valence-electron chi connectivity index (χ4n) is 3.86. The number of likely N-dealkylation sites (tertiary alicyclic amines) is 1. The predicted octanol–water partition coefficient (Wildman–Crippen LogP) is 2.64. The molecule has 32 heavy (non-hydrogen) atoms. The number of carbonyl (C=O) groups is 2. The first-order chi connectivity index (χ1) is 15.5. The predicted molar refractivity (Wildman–Crippen MR) is 115 cm³/mol. The zero-order valence-corrected chi connectivity index (χ0v) is 17.8. The van der Waals surface area contributed by atoms with E-state index in [1.165, 1.54) is 13.2 Å². The van der Waals surface area contributed by atoms with Gasteiger partial charge in [-0.15, -0.1) is 0 Å². The first-order valence-corrected chi connectivity index (χ1v) is 10.3. The van der Waals surface area contributed by atoms with Gasteiger partial charge in [-0.1, -0.05) is 36.4 Å². The van der Waals surface area contributed by atoms with E-state index >= 15 is 0 Å². The molecule has 1 fully saturated rings. The average molecular weight is 437 g/mol. The number of aromatic amines is 1. The summed E-state index contributed by atoms with van der Waals surface area (Å²) in [7, 11) is 1.44. The summed E-state index contributed by atoms with van der Waals surface area (Å²) in [5.74, 6) is -0.0263. The SMILES string of the molecule is COCC(=O)N[C@H]1C[C@@H](c2nc(-c3ccccc3)n[nH]2)N(C(=O)c2ccc(C)c(F)c2)C1. The fraction of sp³-hybridized carbons (Fsp3) is 0.304. The zero-order valence-electron chi connectivity index (χ0n) is 17.8. The number of benzene rings is 2. The Morgan fingerprint density at radius 1 is 1.25 bits per heavy atom. The highest BCUT2D eigenvalue weighted by molar-refractivity contribution is 5.95. The molecule has 0 unspecified atom stereocenters. The summed E-state index contributed by atoms with van der Waals surface area (Å²) in [4.78, 5) is 31.5. The number of aromatic nitrogens is 3. The minimum absolute atomic E-state index is 0.0707. The molecule has 4 rings (SSSR count). The van der Waals surface area contributed by atoms with Crippen molar-refractivity contribution in [1.29, 1.82) is 0 Å². The van der Waals surface area contributed by atoms with Crippen molar-refractivity contribution < 1.29 is 18.7 Å². The third kappa shape index (κ3) is 4.52. The minimum atomic E-state index is -0.454. The molecule has 2 N–H and O–H groups in total. The van der Waals surface area contributed by atoms with Crippen molar-refractivity contribution in [2.45, 2.75) is 25.4 Å². The fourth-order valence-corrected chi connectivity index (χ4v) is 3.86. The summed E-state index contributed by atoms with van der Waals surface area (Å²) >= 11 is 0. The molecule has 3 aromatic rings. The van der Waals surface area contributed by atoms with Crippen LogP contribution in [0.4, 0.5) is 4.39 Å². The monoisotopic (exact) mass is 437 g/mol. The average Bonchev–Trinajstić information content (AvgIpc) is 3.43. The highest BCUT2D eigenvalue weighted by atomic mass is 19.1. The molecule has 0 aliphatic carbocycles. The Balaban J connectivity index is 1.62. The van der Waals surface area contributed by atoms with Crippen molar-refractivity contribution in [3.63, 3.8) is 0 Å². The standard InChI is InChI=1S/C23H24FN5O3/c1-14-8-9-16(10-18(14)24)23(31)29-12-17(25-20(30)13-32-2)11-19(29)22-26-21(27-28-22)15-6-4-3-5-7-15/h3-10,17,19H,11-13H2,1-2H3,(H,25,30)(H,26,27,28)/t17-,19-/m0/s1. The van der Waals surface area contributed by atoms with E-state index in [0.717, 1.165) is 5.56 Å². The summed E-state index contributed by atoms with van der Waals surface area (Å²) < 4.78 is 19.0. The molecule has 9 heteroatoms. The van der Waals surface area contributed by atoms with Gasteiger partial charge in [0.2, 0.25) is 5.91 Å². The van der Waals surface area contributed by atoms with Crippen LogP contribution in [0, 0.1) is 12.7 Å². The molecule has 1 aliphatic rings. The van der Waals surface area contributed by atoms with E-state index in [9.17, 15) is 14.0 Å². The maximum absolute atomic E-state index is 14.1. The van der Waals surface area contributed by atoms with Crippen LogP contribution in [0.1, 0.15) is 34.2 Å². The van der Waals surface area contributed by atoms with Gasteiger partial charge in [0.15, 0.2) is 5.82 Å². The number of hydrogen-bond acceptors (Lipinski definition) is 5. The van der Waals surface area contributed by atoms with Crippen LogP contribution in [-0.4, -0.2) is 58.2 Å². The number of halogens is 1. The molecule has 0 saturated carbocycles. The van der Waals surface area contributed by atoms with E-state index in [1.54, 1.807) is 24.0 Å². The van der Waals surface area contributed by atoms with Gasteiger partial charge in [-0.05, 0) is 31.0 Å². The molecule has 2 heterocycles. The van der Waals surface area contributed by atoms with Crippen molar-refractivity contribution in [2.24, 2.45) is 0 Å². The van der Waals surface area contributed by atoms with Crippen molar-refractivity contribution in [2.75, 3.05) is 20.3 Å². The number of hydrogen-bond donors (Lipinski definition) is 2.